The van der Waals surface area contributed by atoms with Crippen LogP contribution in [0.4, 0.5) is 0 Å². The van der Waals surface area contributed by atoms with Crippen LogP contribution >= 0.6 is 11.3 Å². The summed E-state index contributed by atoms with van der Waals surface area (Å²) < 4.78 is 16.8. The van der Waals surface area contributed by atoms with Gasteiger partial charge in [0.2, 0.25) is 6.10 Å². The lowest BCUT2D eigenvalue weighted by atomic mass is 10.2. The second-order valence-corrected chi connectivity index (χ2v) is 6.19. The van der Waals surface area contributed by atoms with E-state index in [0.717, 1.165) is 4.88 Å². The molecule has 6 nitrogen and oxygen atoms in total. The number of benzene rings is 1. The number of amides is 1. The molecule has 2 aromatic rings. The van der Waals surface area contributed by atoms with Crippen LogP contribution in [-0.4, -0.2) is 43.5 Å². The van der Waals surface area contributed by atoms with Crippen molar-refractivity contribution in [3.8, 4) is 11.5 Å². The molecule has 0 unspecified atom stereocenters. The van der Waals surface area contributed by atoms with Gasteiger partial charge in [0.25, 0.3) is 5.91 Å². The molecule has 1 aromatic carbocycles. The molecule has 3 rings (SSSR count). The van der Waals surface area contributed by atoms with E-state index in [2.05, 4.69) is 5.32 Å². The lowest BCUT2D eigenvalue weighted by Gasteiger charge is -2.26. The summed E-state index contributed by atoms with van der Waals surface area (Å²) in [6.07, 6.45) is -0.986. The highest BCUT2D eigenvalue weighted by atomic mass is 32.1. The van der Waals surface area contributed by atoms with Crippen molar-refractivity contribution >= 4 is 17.2 Å². The van der Waals surface area contributed by atoms with Gasteiger partial charge in [0.05, 0.1) is 13.2 Å². The Morgan fingerprint density at radius 3 is 2.92 bits per heavy atom. The van der Waals surface area contributed by atoms with Gasteiger partial charge in [0.1, 0.15) is 12.7 Å². The molecule has 7 heteroatoms. The number of nitrogens with one attached hydrogen (secondary N) is 1. The fourth-order valence-electron chi connectivity index (χ4n) is 2.37. The summed E-state index contributed by atoms with van der Waals surface area (Å²) in [6.45, 7) is 0.631. The number of rotatable bonds is 7. The topological polar surface area (TPSA) is 77.0 Å². The number of ether oxygens (including phenoxy) is 3. The van der Waals surface area contributed by atoms with E-state index in [1.165, 1.54) is 0 Å². The van der Waals surface area contributed by atoms with Crippen LogP contribution in [0.5, 0.6) is 11.5 Å². The minimum atomic E-state index is -0.693. The van der Waals surface area contributed by atoms with E-state index >= 15 is 0 Å². The normalized spacial score (nSPS) is 17.3. The van der Waals surface area contributed by atoms with Gasteiger partial charge < -0.3 is 24.6 Å². The van der Waals surface area contributed by atoms with Crippen LogP contribution in [0.1, 0.15) is 11.0 Å². The molecule has 1 aliphatic heterocycles. The third-order valence-electron chi connectivity index (χ3n) is 3.53. The fraction of sp³-hybridized carbons (Fsp3) is 0.353. The van der Waals surface area contributed by atoms with Gasteiger partial charge in [-0.05, 0) is 23.6 Å². The standard InChI is InChI=1S/C17H19NO5S/c19-7-8-21-14(16-6-3-9-24-16)10-18-17(20)15-11-22-12-4-1-2-5-13(12)23-15/h1-6,9,14-15,19H,7-8,10-11H2,(H,18,20)/t14-,15-/m1/s1. The van der Waals surface area contributed by atoms with Crippen molar-refractivity contribution in [2.75, 3.05) is 26.4 Å². The van der Waals surface area contributed by atoms with Gasteiger partial charge in [-0.1, -0.05) is 18.2 Å². The molecule has 0 radical (unpaired) electrons. The monoisotopic (exact) mass is 349 g/mol. The van der Waals surface area contributed by atoms with E-state index < -0.39 is 6.10 Å². The van der Waals surface area contributed by atoms with Gasteiger partial charge in [-0.3, -0.25) is 4.79 Å². The number of hydrogen-bond donors (Lipinski definition) is 2. The minimum absolute atomic E-state index is 0.0633. The van der Waals surface area contributed by atoms with Crippen LogP contribution < -0.4 is 14.8 Å². The SMILES string of the molecule is O=C(NC[C@@H](OCCO)c1cccs1)[C@H]1COc2ccccc2O1. The van der Waals surface area contributed by atoms with Crippen LogP contribution in [0, 0.1) is 0 Å². The summed E-state index contributed by atoms with van der Waals surface area (Å²) in [7, 11) is 0. The van der Waals surface area contributed by atoms with E-state index in [1.807, 2.05) is 29.6 Å². The summed E-state index contributed by atoms with van der Waals surface area (Å²) in [5.41, 5.74) is 0. The summed E-state index contributed by atoms with van der Waals surface area (Å²) in [5.74, 6) is 0.957. The maximum absolute atomic E-state index is 12.3. The average molecular weight is 349 g/mol. The van der Waals surface area contributed by atoms with Crippen molar-refractivity contribution < 1.29 is 24.1 Å². The molecule has 1 aliphatic rings. The molecule has 2 heterocycles. The summed E-state index contributed by atoms with van der Waals surface area (Å²) in [4.78, 5) is 13.3. The minimum Gasteiger partial charge on any atom is -0.485 e. The van der Waals surface area contributed by atoms with Crippen molar-refractivity contribution in [1.29, 1.82) is 0 Å². The number of carbonyl (C=O) groups is 1. The Balaban J connectivity index is 1.56. The first kappa shape index (κ1) is 16.8. The first-order valence-corrected chi connectivity index (χ1v) is 8.58. The first-order chi connectivity index (χ1) is 11.8. The van der Waals surface area contributed by atoms with Crippen LogP contribution in [0.2, 0.25) is 0 Å². The third-order valence-corrected chi connectivity index (χ3v) is 4.50. The summed E-state index contributed by atoms with van der Waals surface area (Å²) in [5, 5.41) is 13.7. The molecule has 0 aliphatic carbocycles. The molecule has 1 amide bonds. The van der Waals surface area contributed by atoms with Crippen LogP contribution in [0.25, 0.3) is 0 Å². The van der Waals surface area contributed by atoms with Crippen molar-refractivity contribution in [2.45, 2.75) is 12.2 Å². The molecule has 0 saturated carbocycles. The molecule has 2 atom stereocenters. The molecule has 0 bridgehead atoms. The number of carbonyl (C=O) groups excluding carboxylic acids is 1. The van der Waals surface area contributed by atoms with E-state index in [1.54, 1.807) is 23.5 Å². The molecule has 1 aromatic heterocycles. The quantitative estimate of drug-likeness (QED) is 0.796. The number of fused-ring (bicyclic) bond motifs is 1. The lowest BCUT2D eigenvalue weighted by Crippen LogP contribution is -2.45. The molecule has 24 heavy (non-hydrogen) atoms. The van der Waals surface area contributed by atoms with Crippen molar-refractivity contribution in [3.63, 3.8) is 0 Å². The van der Waals surface area contributed by atoms with Crippen LogP contribution in [0.3, 0.4) is 0 Å². The van der Waals surface area contributed by atoms with Gasteiger partial charge in [-0.25, -0.2) is 0 Å². The van der Waals surface area contributed by atoms with Crippen molar-refractivity contribution in [3.05, 3.63) is 46.7 Å². The largest absolute Gasteiger partial charge is 0.485 e. The number of thiophene rings is 1. The molecule has 0 saturated heterocycles. The van der Waals surface area contributed by atoms with E-state index in [0.29, 0.717) is 18.0 Å². The number of aliphatic hydroxyl groups excluding tert-OH is 1. The van der Waals surface area contributed by atoms with Gasteiger partial charge in [0, 0.05) is 11.4 Å². The number of hydrogen-bond acceptors (Lipinski definition) is 6. The Hall–Kier alpha value is -2.09. The average Bonchev–Trinajstić information content (AvgIpc) is 3.15. The predicted octanol–water partition coefficient (Wildman–Crippen LogP) is 1.75. The zero-order valence-corrected chi connectivity index (χ0v) is 13.8. The van der Waals surface area contributed by atoms with E-state index in [-0.39, 0.29) is 31.8 Å². The highest BCUT2D eigenvalue weighted by molar-refractivity contribution is 7.10. The molecular formula is C17H19NO5S. The van der Waals surface area contributed by atoms with Crippen LogP contribution in [0.15, 0.2) is 41.8 Å². The van der Waals surface area contributed by atoms with E-state index in [9.17, 15) is 4.79 Å². The van der Waals surface area contributed by atoms with Gasteiger partial charge >= 0.3 is 0 Å². The zero-order valence-electron chi connectivity index (χ0n) is 13.0. The third kappa shape index (κ3) is 4.05. The first-order valence-electron chi connectivity index (χ1n) is 7.70. The molecule has 0 fully saturated rings. The highest BCUT2D eigenvalue weighted by Gasteiger charge is 2.27. The highest BCUT2D eigenvalue weighted by Crippen LogP contribution is 2.31. The Kier molecular flexibility index (Phi) is 5.68. The Bertz CT molecular complexity index is 661. The number of para-hydroxylation sites is 2. The molecule has 2 N–H and O–H groups in total. The van der Waals surface area contributed by atoms with Gasteiger partial charge in [-0.15, -0.1) is 11.3 Å². The molecular weight excluding hydrogens is 330 g/mol. The maximum atomic E-state index is 12.3. The summed E-state index contributed by atoms with van der Waals surface area (Å²) in [6, 6.07) is 11.1. The Morgan fingerprint density at radius 1 is 1.33 bits per heavy atom. The molecule has 128 valence electrons. The van der Waals surface area contributed by atoms with Crippen molar-refractivity contribution in [1.82, 2.24) is 5.32 Å². The van der Waals surface area contributed by atoms with Gasteiger partial charge in [0.15, 0.2) is 11.5 Å². The van der Waals surface area contributed by atoms with Crippen LogP contribution in [-0.2, 0) is 9.53 Å². The summed E-state index contributed by atoms with van der Waals surface area (Å²) >= 11 is 1.55. The second kappa shape index (κ2) is 8.14. The smallest absolute Gasteiger partial charge is 0.264 e. The Morgan fingerprint density at radius 2 is 2.17 bits per heavy atom. The zero-order chi connectivity index (χ0) is 16.8. The number of aliphatic hydroxyl groups is 1. The molecule has 0 spiro atoms. The van der Waals surface area contributed by atoms with Crippen molar-refractivity contribution in [2.24, 2.45) is 0 Å². The fourth-order valence-corrected chi connectivity index (χ4v) is 3.14. The Labute approximate surface area is 144 Å². The second-order valence-electron chi connectivity index (χ2n) is 5.21. The predicted molar refractivity (Wildman–Crippen MR) is 89.5 cm³/mol. The lowest BCUT2D eigenvalue weighted by molar-refractivity contribution is -0.131. The van der Waals surface area contributed by atoms with Gasteiger partial charge in [-0.2, -0.15) is 0 Å². The van der Waals surface area contributed by atoms with E-state index in [4.69, 9.17) is 19.3 Å². The maximum Gasteiger partial charge on any atom is 0.264 e.